The molecule has 0 aromatic rings. The molecule has 0 aromatic carbocycles. The number of hydrogen-bond acceptors (Lipinski definition) is 2. The lowest BCUT2D eigenvalue weighted by atomic mass is 10.3. The second-order valence-corrected chi connectivity index (χ2v) is 2.59. The van der Waals surface area contributed by atoms with Crippen LogP contribution in [0, 0.1) is 0 Å². The van der Waals surface area contributed by atoms with E-state index in [4.69, 9.17) is 0 Å². The summed E-state index contributed by atoms with van der Waals surface area (Å²) in [5.74, 6) is 0. The molecule has 0 aliphatic rings. The third kappa shape index (κ3) is 4.36. The van der Waals surface area contributed by atoms with Crippen LogP contribution in [-0.4, -0.2) is 11.9 Å². The van der Waals surface area contributed by atoms with Crippen LogP contribution in [0.3, 0.4) is 0 Å². The highest BCUT2D eigenvalue weighted by molar-refractivity contribution is 6.08. The predicted octanol–water partition coefficient (Wildman–Crippen LogP) is 3.31. The average Bonchev–Trinajstić information content (AvgIpc) is 2.21. The van der Waals surface area contributed by atoms with Gasteiger partial charge in [-0.15, -0.1) is 0 Å². The molecule has 0 rings (SSSR count). The zero-order valence-electron chi connectivity index (χ0n) is 8.83. The largest absolute Gasteiger partial charge is 0.255 e. The molecule has 14 heavy (non-hydrogen) atoms. The SMILES string of the molecule is C=CC=NC(=C)C(C=C)=N/C(C)=C\C. The van der Waals surface area contributed by atoms with Crippen molar-refractivity contribution < 1.29 is 0 Å². The summed E-state index contributed by atoms with van der Waals surface area (Å²) in [5, 5.41) is 0. The van der Waals surface area contributed by atoms with Gasteiger partial charge >= 0.3 is 0 Å². The van der Waals surface area contributed by atoms with E-state index in [1.165, 1.54) is 0 Å². The summed E-state index contributed by atoms with van der Waals surface area (Å²) < 4.78 is 0. The summed E-state index contributed by atoms with van der Waals surface area (Å²) in [6.07, 6.45) is 6.71. The minimum absolute atomic E-state index is 0.584. The molecule has 0 aromatic heterocycles. The van der Waals surface area contributed by atoms with Crippen LogP contribution in [0.25, 0.3) is 0 Å². The monoisotopic (exact) mass is 188 g/mol. The van der Waals surface area contributed by atoms with Gasteiger partial charge in [0.05, 0.1) is 11.4 Å². The van der Waals surface area contributed by atoms with Gasteiger partial charge in [-0.3, -0.25) is 9.98 Å². The van der Waals surface area contributed by atoms with Crippen molar-refractivity contribution in [2.24, 2.45) is 9.98 Å². The summed E-state index contributed by atoms with van der Waals surface area (Å²) in [6.45, 7) is 14.8. The lowest BCUT2D eigenvalue weighted by Gasteiger charge is -1.99. The van der Waals surface area contributed by atoms with Crippen molar-refractivity contribution >= 4 is 11.9 Å². The maximum atomic E-state index is 4.28. The molecule has 0 heterocycles. The molecule has 0 fully saturated rings. The van der Waals surface area contributed by atoms with Gasteiger partial charge in [-0.2, -0.15) is 0 Å². The van der Waals surface area contributed by atoms with Crippen LogP contribution >= 0.6 is 0 Å². The Labute approximate surface area is 85.8 Å². The Morgan fingerprint density at radius 1 is 1.29 bits per heavy atom. The fraction of sp³-hybridized carbons (Fsp3) is 0.167. The summed E-state index contributed by atoms with van der Waals surface area (Å²) in [6, 6.07) is 0. The number of allylic oxidation sites excluding steroid dienone is 4. The van der Waals surface area contributed by atoms with E-state index in [1.807, 2.05) is 19.9 Å². The Hall–Kier alpha value is -1.70. The van der Waals surface area contributed by atoms with Gasteiger partial charge in [-0.05, 0) is 19.9 Å². The minimum Gasteiger partial charge on any atom is -0.255 e. The van der Waals surface area contributed by atoms with E-state index < -0.39 is 0 Å². The van der Waals surface area contributed by atoms with E-state index in [0.29, 0.717) is 11.4 Å². The Morgan fingerprint density at radius 2 is 1.93 bits per heavy atom. The Bertz CT molecular complexity index is 317. The first kappa shape index (κ1) is 12.3. The molecule has 0 atom stereocenters. The number of rotatable bonds is 5. The van der Waals surface area contributed by atoms with E-state index in [9.17, 15) is 0 Å². The van der Waals surface area contributed by atoms with Gasteiger partial charge in [-0.1, -0.05) is 31.9 Å². The average molecular weight is 188 g/mol. The van der Waals surface area contributed by atoms with Crippen molar-refractivity contribution in [2.45, 2.75) is 13.8 Å². The first-order valence-electron chi connectivity index (χ1n) is 4.34. The van der Waals surface area contributed by atoms with Crippen molar-refractivity contribution in [3.63, 3.8) is 0 Å². The van der Waals surface area contributed by atoms with E-state index >= 15 is 0 Å². The summed E-state index contributed by atoms with van der Waals surface area (Å²) in [7, 11) is 0. The van der Waals surface area contributed by atoms with Crippen LogP contribution in [0.2, 0.25) is 0 Å². The zero-order chi connectivity index (χ0) is 11.0. The van der Waals surface area contributed by atoms with Gasteiger partial charge in [0.15, 0.2) is 0 Å². The molecule has 74 valence electrons. The van der Waals surface area contributed by atoms with Gasteiger partial charge in [0, 0.05) is 11.9 Å². The van der Waals surface area contributed by atoms with Crippen molar-refractivity contribution in [1.29, 1.82) is 0 Å². The topological polar surface area (TPSA) is 24.7 Å². The third-order valence-corrected chi connectivity index (χ3v) is 1.54. The molecule has 0 bridgehead atoms. The number of hydrogen-bond donors (Lipinski definition) is 0. The molecule has 2 nitrogen and oxygen atoms in total. The minimum atomic E-state index is 0.584. The molecular formula is C12H16N2. The van der Waals surface area contributed by atoms with Gasteiger partial charge in [-0.25, -0.2) is 0 Å². The molecule has 0 saturated heterocycles. The quantitative estimate of drug-likeness (QED) is 0.591. The maximum absolute atomic E-state index is 4.28. The van der Waals surface area contributed by atoms with E-state index in [2.05, 4.69) is 29.7 Å². The van der Waals surface area contributed by atoms with Gasteiger partial charge in [0.25, 0.3) is 0 Å². The Balaban J connectivity index is 4.81. The normalized spacial score (nSPS) is 13.0. The molecular weight excluding hydrogens is 172 g/mol. The molecule has 0 unspecified atom stereocenters. The predicted molar refractivity (Wildman–Crippen MR) is 64.9 cm³/mol. The van der Waals surface area contributed by atoms with Crippen molar-refractivity contribution in [3.8, 4) is 0 Å². The standard InChI is InChI=1S/C12H16N2/c1-6-9-13-11(5)12(8-3)14-10(4)7-2/h6-9H,1,3,5H2,2,4H3/b10-7-,13-9?,14-12?. The highest BCUT2D eigenvalue weighted by Gasteiger charge is 1.97. The molecule has 0 N–H and O–H groups in total. The van der Waals surface area contributed by atoms with Crippen LogP contribution in [0.4, 0.5) is 0 Å². The van der Waals surface area contributed by atoms with Crippen LogP contribution in [0.15, 0.2) is 59.3 Å². The van der Waals surface area contributed by atoms with Crippen LogP contribution in [-0.2, 0) is 0 Å². The van der Waals surface area contributed by atoms with Crippen molar-refractivity contribution in [1.82, 2.24) is 0 Å². The van der Waals surface area contributed by atoms with E-state index in [1.54, 1.807) is 18.4 Å². The molecule has 2 heteroatoms. The van der Waals surface area contributed by atoms with Crippen molar-refractivity contribution in [3.05, 3.63) is 49.4 Å². The molecule has 0 radical (unpaired) electrons. The first-order valence-corrected chi connectivity index (χ1v) is 4.34. The molecule has 0 amide bonds. The summed E-state index contributed by atoms with van der Waals surface area (Å²) in [5.41, 5.74) is 2.18. The van der Waals surface area contributed by atoms with E-state index in [0.717, 1.165) is 5.70 Å². The van der Waals surface area contributed by atoms with Gasteiger partial charge in [0.1, 0.15) is 0 Å². The first-order chi connectivity index (χ1) is 6.65. The van der Waals surface area contributed by atoms with Gasteiger partial charge in [0.2, 0.25) is 0 Å². The maximum Gasteiger partial charge on any atom is 0.0877 e. The smallest absolute Gasteiger partial charge is 0.0877 e. The van der Waals surface area contributed by atoms with E-state index in [-0.39, 0.29) is 0 Å². The number of nitrogens with zero attached hydrogens (tertiary/aromatic N) is 2. The van der Waals surface area contributed by atoms with Crippen molar-refractivity contribution in [2.75, 3.05) is 0 Å². The highest BCUT2D eigenvalue weighted by Crippen LogP contribution is 2.03. The Kier molecular flexibility index (Phi) is 5.95. The summed E-state index contributed by atoms with van der Waals surface area (Å²) in [4.78, 5) is 8.31. The zero-order valence-corrected chi connectivity index (χ0v) is 8.83. The Morgan fingerprint density at radius 3 is 2.36 bits per heavy atom. The second-order valence-electron chi connectivity index (χ2n) is 2.59. The third-order valence-electron chi connectivity index (χ3n) is 1.54. The molecule has 0 aliphatic carbocycles. The van der Waals surface area contributed by atoms with Crippen LogP contribution < -0.4 is 0 Å². The molecule has 0 aliphatic heterocycles. The van der Waals surface area contributed by atoms with Crippen LogP contribution in [0.1, 0.15) is 13.8 Å². The fourth-order valence-corrected chi connectivity index (χ4v) is 0.691. The number of aliphatic imine (C=N–C) groups is 2. The second kappa shape index (κ2) is 6.78. The summed E-state index contributed by atoms with van der Waals surface area (Å²) >= 11 is 0. The fourth-order valence-electron chi connectivity index (χ4n) is 0.691. The van der Waals surface area contributed by atoms with Gasteiger partial charge < -0.3 is 0 Å². The molecule has 0 saturated carbocycles. The lowest BCUT2D eigenvalue weighted by molar-refractivity contribution is 1.28. The lowest BCUT2D eigenvalue weighted by Crippen LogP contribution is -1.95. The van der Waals surface area contributed by atoms with Crippen LogP contribution in [0.5, 0.6) is 0 Å². The highest BCUT2D eigenvalue weighted by atomic mass is 14.8. The molecule has 0 spiro atoms.